The van der Waals surface area contributed by atoms with Gasteiger partial charge in [0.05, 0.1) is 29.8 Å². The van der Waals surface area contributed by atoms with Gasteiger partial charge in [-0.2, -0.15) is 5.26 Å². The summed E-state index contributed by atoms with van der Waals surface area (Å²) in [5.41, 5.74) is -1.17. The van der Waals surface area contributed by atoms with E-state index in [9.17, 15) is 13.6 Å². The predicted octanol–water partition coefficient (Wildman–Crippen LogP) is 2.42. The van der Waals surface area contributed by atoms with Gasteiger partial charge in [0.1, 0.15) is 11.8 Å². The fraction of sp³-hybridized carbons (Fsp3) is 0.300. The van der Waals surface area contributed by atoms with E-state index in [1.807, 2.05) is 0 Å². The minimum atomic E-state index is -2.90. The van der Waals surface area contributed by atoms with Crippen LogP contribution in [0.1, 0.15) is 33.7 Å². The minimum Gasteiger partial charge on any atom is -0.465 e. The number of nitrogens with zero attached hydrogens (tertiary/aromatic N) is 2. The van der Waals surface area contributed by atoms with Gasteiger partial charge in [-0.15, -0.1) is 11.6 Å². The molecule has 0 fully saturated rings. The summed E-state index contributed by atoms with van der Waals surface area (Å²) in [5, 5.41) is 8.67. The van der Waals surface area contributed by atoms with Gasteiger partial charge in [-0.1, -0.05) is 0 Å². The van der Waals surface area contributed by atoms with Gasteiger partial charge in [-0.05, 0) is 6.07 Å². The summed E-state index contributed by atoms with van der Waals surface area (Å²) >= 11 is 5.53. The van der Waals surface area contributed by atoms with Crippen LogP contribution in [-0.2, 0) is 10.6 Å². The van der Waals surface area contributed by atoms with Gasteiger partial charge in [-0.3, -0.25) is 0 Å². The molecular formula is C10H7ClF2N2O2. The molecule has 0 aliphatic carbocycles. The molecule has 17 heavy (non-hydrogen) atoms. The Hall–Kier alpha value is -1.74. The molecule has 90 valence electrons. The van der Waals surface area contributed by atoms with Crippen molar-refractivity contribution in [2.24, 2.45) is 0 Å². The lowest BCUT2D eigenvalue weighted by Crippen LogP contribution is -2.10. The van der Waals surface area contributed by atoms with Crippen molar-refractivity contribution in [2.45, 2.75) is 12.3 Å². The number of hydrogen-bond acceptors (Lipinski definition) is 4. The maximum Gasteiger partial charge on any atom is 0.339 e. The molecule has 4 nitrogen and oxygen atoms in total. The lowest BCUT2D eigenvalue weighted by atomic mass is 10.1. The second kappa shape index (κ2) is 5.55. The van der Waals surface area contributed by atoms with Crippen LogP contribution in [0.3, 0.4) is 0 Å². The molecule has 0 aromatic carbocycles. The molecule has 0 spiro atoms. The topological polar surface area (TPSA) is 63.0 Å². The number of halogens is 3. The summed E-state index contributed by atoms with van der Waals surface area (Å²) in [5.74, 6) is -0.998. The first-order chi connectivity index (χ1) is 8.04. The highest BCUT2D eigenvalue weighted by atomic mass is 35.5. The molecule has 0 saturated heterocycles. The first kappa shape index (κ1) is 13.3. The molecule has 1 aromatic rings. The van der Waals surface area contributed by atoms with Crippen LogP contribution in [0.15, 0.2) is 6.07 Å². The maximum absolute atomic E-state index is 12.6. The average Bonchev–Trinajstić information content (AvgIpc) is 2.35. The van der Waals surface area contributed by atoms with Crippen LogP contribution in [0, 0.1) is 11.3 Å². The fourth-order valence-corrected chi connectivity index (χ4v) is 1.42. The van der Waals surface area contributed by atoms with Gasteiger partial charge in [0.2, 0.25) is 0 Å². The Morgan fingerprint density at radius 3 is 2.76 bits per heavy atom. The summed E-state index contributed by atoms with van der Waals surface area (Å²) in [7, 11) is 1.11. The van der Waals surface area contributed by atoms with Crippen molar-refractivity contribution >= 4 is 17.6 Å². The van der Waals surface area contributed by atoms with Gasteiger partial charge < -0.3 is 4.74 Å². The Balaban J connectivity index is 3.45. The molecule has 1 rings (SSSR count). The van der Waals surface area contributed by atoms with Crippen molar-refractivity contribution in [1.29, 1.82) is 5.26 Å². The second-order valence-corrected chi connectivity index (χ2v) is 3.23. The number of methoxy groups -OCH3 is 1. The average molecular weight is 261 g/mol. The van der Waals surface area contributed by atoms with Crippen LogP contribution < -0.4 is 0 Å². The summed E-state index contributed by atoms with van der Waals surface area (Å²) in [4.78, 5) is 14.9. The predicted molar refractivity (Wildman–Crippen MR) is 54.8 cm³/mol. The van der Waals surface area contributed by atoms with Gasteiger partial charge >= 0.3 is 5.97 Å². The van der Waals surface area contributed by atoms with Crippen LogP contribution >= 0.6 is 11.6 Å². The normalized spacial score (nSPS) is 10.1. The van der Waals surface area contributed by atoms with E-state index in [2.05, 4.69) is 9.72 Å². The standard InChI is InChI=1S/C10H7ClF2N2O2/c1-17-10(16)6-2-5(9(12)13)8(4-14)15-7(6)3-11/h2,9H,3H2,1H3. The quantitative estimate of drug-likeness (QED) is 0.618. The Labute approximate surface area is 101 Å². The molecule has 0 N–H and O–H groups in total. The zero-order chi connectivity index (χ0) is 13.0. The summed E-state index contributed by atoms with van der Waals surface area (Å²) in [6.07, 6.45) is -2.90. The number of hydrogen-bond donors (Lipinski definition) is 0. The molecule has 0 saturated carbocycles. The highest BCUT2D eigenvalue weighted by molar-refractivity contribution is 6.17. The first-order valence-electron chi connectivity index (χ1n) is 4.41. The van der Waals surface area contributed by atoms with Crippen LogP contribution in [-0.4, -0.2) is 18.1 Å². The Morgan fingerprint density at radius 1 is 1.71 bits per heavy atom. The smallest absolute Gasteiger partial charge is 0.339 e. The first-order valence-corrected chi connectivity index (χ1v) is 4.95. The molecule has 1 aromatic heterocycles. The number of carbonyl (C=O) groups is 1. The van der Waals surface area contributed by atoms with Crippen LogP contribution in [0.4, 0.5) is 8.78 Å². The van der Waals surface area contributed by atoms with Crippen molar-refractivity contribution in [3.05, 3.63) is 28.6 Å². The highest BCUT2D eigenvalue weighted by Gasteiger charge is 2.21. The molecule has 0 atom stereocenters. The number of ether oxygens (including phenoxy) is 1. The van der Waals surface area contributed by atoms with Crippen molar-refractivity contribution in [2.75, 3.05) is 7.11 Å². The lowest BCUT2D eigenvalue weighted by Gasteiger charge is -2.08. The van der Waals surface area contributed by atoms with Gasteiger partial charge in [0.25, 0.3) is 6.43 Å². The van der Waals surface area contributed by atoms with Gasteiger partial charge in [0.15, 0.2) is 0 Å². The zero-order valence-corrected chi connectivity index (χ0v) is 9.46. The third-order valence-corrected chi connectivity index (χ3v) is 2.26. The molecule has 7 heteroatoms. The number of rotatable bonds is 3. The Morgan fingerprint density at radius 2 is 2.35 bits per heavy atom. The second-order valence-electron chi connectivity index (χ2n) is 2.96. The van der Waals surface area contributed by atoms with E-state index in [0.29, 0.717) is 0 Å². The molecule has 0 radical (unpaired) electrons. The van der Waals surface area contributed by atoms with Crippen LogP contribution in [0.5, 0.6) is 0 Å². The van der Waals surface area contributed by atoms with E-state index in [-0.39, 0.29) is 17.1 Å². The van der Waals surface area contributed by atoms with E-state index in [4.69, 9.17) is 16.9 Å². The summed E-state index contributed by atoms with van der Waals surface area (Å²) in [6, 6.07) is 2.42. The molecule has 0 bridgehead atoms. The number of pyridine rings is 1. The molecule has 1 heterocycles. The van der Waals surface area contributed by atoms with E-state index in [1.54, 1.807) is 0 Å². The molecule has 0 aliphatic rings. The SMILES string of the molecule is COC(=O)c1cc(C(F)F)c(C#N)nc1CCl. The van der Waals surface area contributed by atoms with Gasteiger partial charge in [0, 0.05) is 0 Å². The summed E-state index contributed by atoms with van der Waals surface area (Å²) in [6.45, 7) is 0. The third-order valence-electron chi connectivity index (χ3n) is 2.00. The number of aromatic nitrogens is 1. The third kappa shape index (κ3) is 2.68. The molecule has 0 unspecified atom stereocenters. The summed E-state index contributed by atoms with van der Waals surface area (Å²) < 4.78 is 29.7. The van der Waals surface area contributed by atoms with Crippen molar-refractivity contribution in [3.63, 3.8) is 0 Å². The molecular weight excluding hydrogens is 254 g/mol. The molecule has 0 amide bonds. The highest BCUT2D eigenvalue weighted by Crippen LogP contribution is 2.25. The Kier molecular flexibility index (Phi) is 4.35. The van der Waals surface area contributed by atoms with E-state index < -0.39 is 23.7 Å². The van der Waals surface area contributed by atoms with Crippen molar-refractivity contribution in [1.82, 2.24) is 4.98 Å². The minimum absolute atomic E-state index is 0.0412. The van der Waals surface area contributed by atoms with Crippen LogP contribution in [0.25, 0.3) is 0 Å². The maximum atomic E-state index is 12.6. The van der Waals surface area contributed by atoms with Crippen LogP contribution in [0.2, 0.25) is 0 Å². The number of alkyl halides is 3. The van der Waals surface area contributed by atoms with Gasteiger partial charge in [-0.25, -0.2) is 18.6 Å². The largest absolute Gasteiger partial charge is 0.465 e. The van der Waals surface area contributed by atoms with Crippen molar-refractivity contribution in [3.8, 4) is 6.07 Å². The monoisotopic (exact) mass is 260 g/mol. The van der Waals surface area contributed by atoms with E-state index in [1.165, 1.54) is 6.07 Å². The fourth-order valence-electron chi connectivity index (χ4n) is 1.21. The Bertz CT molecular complexity index is 486. The molecule has 0 aliphatic heterocycles. The van der Waals surface area contributed by atoms with E-state index >= 15 is 0 Å². The lowest BCUT2D eigenvalue weighted by molar-refractivity contribution is 0.0598. The number of esters is 1. The number of carbonyl (C=O) groups excluding carboxylic acids is 1. The number of nitriles is 1. The zero-order valence-electron chi connectivity index (χ0n) is 8.71. The van der Waals surface area contributed by atoms with Crippen molar-refractivity contribution < 1.29 is 18.3 Å². The van der Waals surface area contributed by atoms with E-state index in [0.717, 1.165) is 13.2 Å².